The maximum absolute atomic E-state index is 12.9. The molecule has 2 aliphatic rings. The van der Waals surface area contributed by atoms with Crippen LogP contribution in [0, 0.1) is 5.92 Å². The molecule has 0 unspecified atom stereocenters. The number of nitrogens with one attached hydrogen (secondary N) is 2. The summed E-state index contributed by atoms with van der Waals surface area (Å²) in [5.41, 5.74) is 5.42. The molecule has 2 amide bonds. The minimum atomic E-state index is -1.81. The Morgan fingerprint density at radius 3 is 2.46 bits per heavy atom. The molecule has 2 aromatic rings. The zero-order chi connectivity index (χ0) is 29.8. The molecule has 3 heterocycles. The van der Waals surface area contributed by atoms with Crippen molar-refractivity contribution in [2.24, 2.45) is 11.7 Å². The molecular weight excluding hydrogens is 544 g/mol. The van der Waals surface area contributed by atoms with Gasteiger partial charge >= 0.3 is 5.69 Å². The van der Waals surface area contributed by atoms with Crippen LogP contribution in [0.2, 0.25) is 0 Å². The van der Waals surface area contributed by atoms with E-state index >= 15 is 0 Å². The summed E-state index contributed by atoms with van der Waals surface area (Å²) in [7, 11) is 0. The van der Waals surface area contributed by atoms with Gasteiger partial charge in [0.15, 0.2) is 18.1 Å². The van der Waals surface area contributed by atoms with E-state index in [4.69, 9.17) is 19.9 Å². The lowest BCUT2D eigenvalue weighted by atomic mass is 9.94. The van der Waals surface area contributed by atoms with E-state index in [0.29, 0.717) is 5.69 Å². The number of aryl methyl sites for hydroxylation is 1. The van der Waals surface area contributed by atoms with Crippen molar-refractivity contribution in [1.82, 2.24) is 9.55 Å². The molecule has 0 saturated carbocycles. The van der Waals surface area contributed by atoms with Gasteiger partial charge in [-0.2, -0.15) is 0 Å². The first-order valence-electron chi connectivity index (χ1n) is 12.9. The molecule has 8 N–H and O–H groups in total. The number of rotatable bonds is 10. The van der Waals surface area contributed by atoms with Crippen molar-refractivity contribution in [3.05, 3.63) is 74.8 Å². The third kappa shape index (κ3) is 6.56. The predicted octanol–water partition coefficient (Wildman–Crippen LogP) is -2.17. The number of H-pyrrole nitrogens is 1. The third-order valence-corrected chi connectivity index (χ3v) is 6.81. The van der Waals surface area contributed by atoms with Gasteiger partial charge in [0.1, 0.15) is 24.4 Å². The van der Waals surface area contributed by atoms with Crippen LogP contribution in [0.25, 0.3) is 0 Å². The number of ether oxygens (including phenoxy) is 3. The Hall–Kier alpha value is -3.86. The zero-order valence-electron chi connectivity index (χ0n) is 22.0. The van der Waals surface area contributed by atoms with Crippen LogP contribution in [-0.4, -0.2) is 85.2 Å². The van der Waals surface area contributed by atoms with Crippen molar-refractivity contribution in [3.8, 4) is 0 Å². The van der Waals surface area contributed by atoms with Gasteiger partial charge in [0, 0.05) is 23.9 Å². The fourth-order valence-corrected chi connectivity index (χ4v) is 4.69. The van der Waals surface area contributed by atoms with Crippen LogP contribution < -0.4 is 22.3 Å². The number of aromatic nitrogens is 2. The number of amides is 2. The number of nitrogens with two attached hydrogens (primary N) is 1. The molecule has 0 spiro atoms. The SMILES string of the molecule is CCCc1ccc(NC(=O)C2=C[C@H](O)[C@H](O)[C@@H](O[C@@H](C(N)=O)[C@H]3O[C@@H](n4ccc(=O)[nH]c4=O)[C@H](O)[C@@H]3CO)O2)cc1. The first kappa shape index (κ1) is 30.1. The summed E-state index contributed by atoms with van der Waals surface area (Å²) < 4.78 is 17.6. The molecule has 15 heteroatoms. The second-order valence-electron chi connectivity index (χ2n) is 9.70. The van der Waals surface area contributed by atoms with E-state index in [-0.39, 0.29) is 0 Å². The molecule has 2 aliphatic heterocycles. The van der Waals surface area contributed by atoms with Gasteiger partial charge in [0.2, 0.25) is 12.2 Å². The van der Waals surface area contributed by atoms with Crippen LogP contribution in [0.1, 0.15) is 25.1 Å². The zero-order valence-corrected chi connectivity index (χ0v) is 22.0. The Bertz CT molecular complexity index is 1390. The molecule has 8 atom stereocenters. The first-order chi connectivity index (χ1) is 19.5. The van der Waals surface area contributed by atoms with E-state index < -0.39 is 84.4 Å². The Kier molecular flexibility index (Phi) is 9.37. The standard InChI is InChI=1S/C26H32N4O11/c1-2-3-12-4-6-13(7-5-12)28-23(37)16-10-15(32)19(35)25(39-16)41-21(22(27)36)20-14(11-31)18(34)24(40-20)30-9-8-17(33)29-26(30)38/h4-10,14-15,18-21,24-25,31-32,34-35H,2-3,11H2,1H3,(H2,27,36)(H,28,37)(H,29,33,38)/t14-,15-,18+,19-,20-,21+,24+,25+/m0/s1. The molecule has 0 bridgehead atoms. The normalized spacial score (nSPS) is 28.4. The fourth-order valence-electron chi connectivity index (χ4n) is 4.69. The van der Waals surface area contributed by atoms with E-state index in [1.165, 1.54) is 0 Å². The quantitative estimate of drug-likeness (QED) is 0.161. The minimum absolute atomic E-state index is 0.419. The number of aromatic amines is 1. The molecule has 222 valence electrons. The second kappa shape index (κ2) is 12.8. The first-order valence-corrected chi connectivity index (χ1v) is 12.9. The van der Waals surface area contributed by atoms with Crippen molar-refractivity contribution in [2.75, 3.05) is 11.9 Å². The Labute approximate surface area is 232 Å². The van der Waals surface area contributed by atoms with Crippen molar-refractivity contribution in [1.29, 1.82) is 0 Å². The van der Waals surface area contributed by atoms with Gasteiger partial charge in [-0.15, -0.1) is 0 Å². The van der Waals surface area contributed by atoms with Gasteiger partial charge in [-0.1, -0.05) is 25.5 Å². The summed E-state index contributed by atoms with van der Waals surface area (Å²) in [5, 5.41) is 44.2. The minimum Gasteiger partial charge on any atom is -0.456 e. The van der Waals surface area contributed by atoms with Gasteiger partial charge < -0.3 is 45.7 Å². The molecule has 41 heavy (non-hydrogen) atoms. The molecular formula is C26H32N4O11. The lowest BCUT2D eigenvalue weighted by molar-refractivity contribution is -0.239. The summed E-state index contributed by atoms with van der Waals surface area (Å²) in [6.07, 6.45) is -7.69. The Morgan fingerprint density at radius 1 is 1.15 bits per heavy atom. The van der Waals surface area contributed by atoms with Gasteiger partial charge in [-0.25, -0.2) is 4.79 Å². The lowest BCUT2D eigenvalue weighted by Gasteiger charge is -2.35. The highest BCUT2D eigenvalue weighted by Gasteiger charge is 2.51. The molecule has 1 aromatic heterocycles. The van der Waals surface area contributed by atoms with Crippen molar-refractivity contribution >= 4 is 17.5 Å². The molecule has 1 saturated heterocycles. The number of aliphatic hydroxyl groups excluding tert-OH is 4. The van der Waals surface area contributed by atoms with Crippen LogP contribution in [0.3, 0.4) is 0 Å². The third-order valence-electron chi connectivity index (χ3n) is 6.81. The van der Waals surface area contributed by atoms with Gasteiger partial charge in [-0.3, -0.25) is 23.9 Å². The summed E-state index contributed by atoms with van der Waals surface area (Å²) >= 11 is 0. The van der Waals surface area contributed by atoms with E-state index in [1.807, 2.05) is 24.0 Å². The van der Waals surface area contributed by atoms with Crippen LogP contribution in [0.15, 0.2) is 58.0 Å². The number of carbonyl (C=O) groups is 2. The van der Waals surface area contributed by atoms with Crippen LogP contribution in [0.4, 0.5) is 5.69 Å². The lowest BCUT2D eigenvalue weighted by Crippen LogP contribution is -2.52. The van der Waals surface area contributed by atoms with Crippen molar-refractivity contribution in [3.63, 3.8) is 0 Å². The van der Waals surface area contributed by atoms with Gasteiger partial charge in [0.25, 0.3) is 11.5 Å². The van der Waals surface area contributed by atoms with Crippen molar-refractivity contribution < 1.29 is 44.2 Å². The van der Waals surface area contributed by atoms with E-state index in [9.17, 15) is 39.6 Å². The van der Waals surface area contributed by atoms with Gasteiger partial charge in [0.05, 0.1) is 6.61 Å². The van der Waals surface area contributed by atoms with E-state index in [1.54, 1.807) is 12.1 Å². The number of aliphatic hydroxyl groups is 4. The highest BCUT2D eigenvalue weighted by molar-refractivity contribution is 6.02. The maximum Gasteiger partial charge on any atom is 0.330 e. The number of hydrogen-bond acceptors (Lipinski definition) is 11. The Morgan fingerprint density at radius 2 is 1.85 bits per heavy atom. The van der Waals surface area contributed by atoms with Crippen LogP contribution in [-0.2, 0) is 30.2 Å². The second-order valence-corrected chi connectivity index (χ2v) is 9.70. The van der Waals surface area contributed by atoms with Crippen LogP contribution in [0.5, 0.6) is 0 Å². The summed E-state index contributed by atoms with van der Waals surface area (Å²) in [6, 6.07) is 8.08. The average molecular weight is 577 g/mol. The number of nitrogens with zero attached hydrogens (tertiary/aromatic N) is 1. The number of hydrogen-bond donors (Lipinski definition) is 7. The number of primary amides is 1. The average Bonchev–Trinajstić information content (AvgIpc) is 3.25. The summed E-state index contributed by atoms with van der Waals surface area (Å²) in [4.78, 5) is 51.0. The highest BCUT2D eigenvalue weighted by atomic mass is 16.7. The highest BCUT2D eigenvalue weighted by Crippen LogP contribution is 2.36. The molecule has 0 radical (unpaired) electrons. The van der Waals surface area contributed by atoms with Crippen molar-refractivity contribution in [2.45, 2.75) is 62.8 Å². The Balaban J connectivity index is 1.52. The topological polar surface area (TPSA) is 236 Å². The number of carbonyl (C=O) groups excluding carboxylic acids is 2. The largest absolute Gasteiger partial charge is 0.456 e. The molecule has 1 aromatic carbocycles. The predicted molar refractivity (Wildman–Crippen MR) is 140 cm³/mol. The molecule has 15 nitrogen and oxygen atoms in total. The summed E-state index contributed by atoms with van der Waals surface area (Å²) in [6.45, 7) is 1.30. The number of anilines is 1. The van der Waals surface area contributed by atoms with Crippen LogP contribution >= 0.6 is 0 Å². The fraction of sp³-hybridized carbons (Fsp3) is 0.462. The number of benzene rings is 1. The maximum atomic E-state index is 12.9. The van der Waals surface area contributed by atoms with E-state index in [0.717, 1.165) is 41.3 Å². The summed E-state index contributed by atoms with van der Waals surface area (Å²) in [5.74, 6) is -3.58. The smallest absolute Gasteiger partial charge is 0.330 e. The van der Waals surface area contributed by atoms with Gasteiger partial charge in [-0.05, 0) is 30.2 Å². The van der Waals surface area contributed by atoms with E-state index in [2.05, 4.69) is 5.32 Å². The monoisotopic (exact) mass is 576 g/mol. The molecule has 4 rings (SSSR count). The molecule has 0 aliphatic carbocycles. The molecule has 1 fully saturated rings.